The molecular formula is C10H22N2O. The predicted molar refractivity (Wildman–Crippen MR) is 54.2 cm³/mol. The molecule has 2 atom stereocenters. The molecule has 1 heterocycles. The van der Waals surface area contributed by atoms with E-state index in [4.69, 9.17) is 10.6 Å². The quantitative estimate of drug-likeness (QED) is 0.489. The van der Waals surface area contributed by atoms with Crippen molar-refractivity contribution < 1.29 is 4.74 Å². The summed E-state index contributed by atoms with van der Waals surface area (Å²) in [5.41, 5.74) is 2.87. The van der Waals surface area contributed by atoms with E-state index in [-0.39, 0.29) is 0 Å². The first-order valence-electron chi connectivity index (χ1n) is 5.44. The van der Waals surface area contributed by atoms with Gasteiger partial charge in [-0.05, 0) is 32.1 Å². The molecule has 78 valence electrons. The number of rotatable bonds is 6. The highest BCUT2D eigenvalue weighted by atomic mass is 16.5. The summed E-state index contributed by atoms with van der Waals surface area (Å²) in [6.07, 6.45) is 7.66. The van der Waals surface area contributed by atoms with Crippen LogP contribution in [0.2, 0.25) is 0 Å². The summed E-state index contributed by atoms with van der Waals surface area (Å²) >= 11 is 0. The Morgan fingerprint density at radius 1 is 1.54 bits per heavy atom. The zero-order chi connectivity index (χ0) is 9.52. The zero-order valence-corrected chi connectivity index (χ0v) is 8.59. The third-order valence-electron chi connectivity index (χ3n) is 2.73. The van der Waals surface area contributed by atoms with E-state index in [1.54, 1.807) is 0 Å². The van der Waals surface area contributed by atoms with Crippen molar-refractivity contribution in [3.05, 3.63) is 0 Å². The van der Waals surface area contributed by atoms with Gasteiger partial charge in [-0.25, -0.2) is 0 Å². The second kappa shape index (κ2) is 6.35. The van der Waals surface area contributed by atoms with Crippen LogP contribution in [-0.2, 0) is 4.74 Å². The molecule has 1 rings (SSSR count). The first-order valence-corrected chi connectivity index (χ1v) is 5.44. The summed E-state index contributed by atoms with van der Waals surface area (Å²) in [5.74, 6) is 5.45. The smallest absolute Gasteiger partial charge is 0.0576 e. The Labute approximate surface area is 81.0 Å². The number of hydrogen-bond donors (Lipinski definition) is 2. The first-order chi connectivity index (χ1) is 6.36. The molecule has 1 fully saturated rings. The monoisotopic (exact) mass is 186 g/mol. The fourth-order valence-electron chi connectivity index (χ4n) is 1.92. The molecule has 3 nitrogen and oxygen atoms in total. The molecule has 1 aliphatic rings. The Morgan fingerprint density at radius 3 is 2.92 bits per heavy atom. The summed E-state index contributed by atoms with van der Waals surface area (Å²) in [7, 11) is 0. The Kier molecular flexibility index (Phi) is 5.35. The van der Waals surface area contributed by atoms with Crippen molar-refractivity contribution in [2.75, 3.05) is 6.61 Å². The summed E-state index contributed by atoms with van der Waals surface area (Å²) in [6, 6.07) is 0.481. The molecule has 2 unspecified atom stereocenters. The highest BCUT2D eigenvalue weighted by molar-refractivity contribution is 4.70. The highest BCUT2D eigenvalue weighted by Gasteiger charge is 2.16. The van der Waals surface area contributed by atoms with Gasteiger partial charge in [-0.15, -0.1) is 0 Å². The highest BCUT2D eigenvalue weighted by Crippen LogP contribution is 2.18. The summed E-state index contributed by atoms with van der Waals surface area (Å²) in [4.78, 5) is 0. The van der Waals surface area contributed by atoms with Gasteiger partial charge >= 0.3 is 0 Å². The fourth-order valence-corrected chi connectivity index (χ4v) is 1.92. The Morgan fingerprint density at radius 2 is 2.38 bits per heavy atom. The van der Waals surface area contributed by atoms with Gasteiger partial charge in [-0.3, -0.25) is 11.3 Å². The molecule has 3 heteroatoms. The Hall–Kier alpha value is -0.120. The maximum absolute atomic E-state index is 5.56. The van der Waals surface area contributed by atoms with Gasteiger partial charge in [0.25, 0.3) is 0 Å². The second-order valence-corrected chi connectivity index (χ2v) is 3.86. The summed E-state index contributed by atoms with van der Waals surface area (Å²) < 4.78 is 5.56. The summed E-state index contributed by atoms with van der Waals surface area (Å²) in [6.45, 7) is 3.15. The van der Waals surface area contributed by atoms with Crippen molar-refractivity contribution in [2.45, 2.75) is 57.6 Å². The molecule has 0 radical (unpaired) electrons. The molecule has 0 saturated carbocycles. The molecule has 0 aromatic carbocycles. The average molecular weight is 186 g/mol. The third-order valence-corrected chi connectivity index (χ3v) is 2.73. The van der Waals surface area contributed by atoms with E-state index in [1.165, 1.54) is 25.7 Å². The van der Waals surface area contributed by atoms with Crippen LogP contribution in [-0.4, -0.2) is 18.8 Å². The number of hydrogen-bond acceptors (Lipinski definition) is 3. The van der Waals surface area contributed by atoms with Gasteiger partial charge in [0.15, 0.2) is 0 Å². The molecule has 0 bridgehead atoms. The van der Waals surface area contributed by atoms with Crippen LogP contribution in [0, 0.1) is 0 Å². The SMILES string of the molecule is CCCC(CCC1CCCO1)NN. The minimum atomic E-state index is 0.481. The second-order valence-electron chi connectivity index (χ2n) is 3.86. The minimum absolute atomic E-state index is 0.481. The van der Waals surface area contributed by atoms with E-state index in [2.05, 4.69) is 12.3 Å². The molecule has 0 aromatic heterocycles. The van der Waals surface area contributed by atoms with Gasteiger partial charge < -0.3 is 4.74 Å². The van der Waals surface area contributed by atoms with E-state index in [1.807, 2.05) is 0 Å². The average Bonchev–Trinajstić information content (AvgIpc) is 2.64. The van der Waals surface area contributed by atoms with Gasteiger partial charge in [-0.2, -0.15) is 0 Å². The van der Waals surface area contributed by atoms with Gasteiger partial charge in [0.1, 0.15) is 0 Å². The van der Waals surface area contributed by atoms with Crippen LogP contribution in [0.3, 0.4) is 0 Å². The lowest BCUT2D eigenvalue weighted by Crippen LogP contribution is -2.35. The molecule has 0 spiro atoms. The van der Waals surface area contributed by atoms with E-state index in [9.17, 15) is 0 Å². The van der Waals surface area contributed by atoms with Crippen LogP contribution < -0.4 is 11.3 Å². The van der Waals surface area contributed by atoms with Crippen molar-refractivity contribution in [2.24, 2.45) is 5.84 Å². The zero-order valence-electron chi connectivity index (χ0n) is 8.59. The number of nitrogens with one attached hydrogen (secondary N) is 1. The maximum Gasteiger partial charge on any atom is 0.0576 e. The van der Waals surface area contributed by atoms with E-state index in [0.717, 1.165) is 19.4 Å². The molecule has 0 amide bonds. The van der Waals surface area contributed by atoms with Crippen LogP contribution in [0.5, 0.6) is 0 Å². The molecule has 1 saturated heterocycles. The fraction of sp³-hybridized carbons (Fsp3) is 1.00. The molecule has 3 N–H and O–H groups in total. The number of ether oxygens (including phenoxy) is 1. The van der Waals surface area contributed by atoms with Crippen molar-refractivity contribution in [3.8, 4) is 0 Å². The minimum Gasteiger partial charge on any atom is -0.378 e. The Balaban J connectivity index is 2.07. The van der Waals surface area contributed by atoms with E-state index in [0.29, 0.717) is 12.1 Å². The van der Waals surface area contributed by atoms with Crippen LogP contribution in [0.4, 0.5) is 0 Å². The Bertz CT molecular complexity index is 124. The molecule has 0 aliphatic carbocycles. The number of nitrogens with two attached hydrogens (primary N) is 1. The van der Waals surface area contributed by atoms with Crippen LogP contribution in [0.15, 0.2) is 0 Å². The molecule has 0 aromatic rings. The van der Waals surface area contributed by atoms with Crippen LogP contribution in [0.25, 0.3) is 0 Å². The van der Waals surface area contributed by atoms with E-state index < -0.39 is 0 Å². The molecular weight excluding hydrogens is 164 g/mol. The van der Waals surface area contributed by atoms with Crippen molar-refractivity contribution >= 4 is 0 Å². The van der Waals surface area contributed by atoms with Crippen molar-refractivity contribution in [1.82, 2.24) is 5.43 Å². The normalized spacial score (nSPS) is 24.9. The van der Waals surface area contributed by atoms with Gasteiger partial charge in [0, 0.05) is 12.6 Å². The van der Waals surface area contributed by atoms with Crippen molar-refractivity contribution in [1.29, 1.82) is 0 Å². The summed E-state index contributed by atoms with van der Waals surface area (Å²) in [5, 5.41) is 0. The molecule has 13 heavy (non-hydrogen) atoms. The van der Waals surface area contributed by atoms with Crippen LogP contribution in [0.1, 0.15) is 45.4 Å². The lowest BCUT2D eigenvalue weighted by Gasteiger charge is -2.16. The van der Waals surface area contributed by atoms with Crippen LogP contribution >= 0.6 is 0 Å². The topological polar surface area (TPSA) is 47.3 Å². The van der Waals surface area contributed by atoms with E-state index >= 15 is 0 Å². The first kappa shape index (κ1) is 11.0. The van der Waals surface area contributed by atoms with Crippen molar-refractivity contribution in [3.63, 3.8) is 0 Å². The molecule has 1 aliphatic heterocycles. The third kappa shape index (κ3) is 4.07. The standard InChI is InChI=1S/C10H22N2O/c1-2-4-9(12-11)6-7-10-5-3-8-13-10/h9-10,12H,2-8,11H2,1H3. The van der Waals surface area contributed by atoms with Gasteiger partial charge in [0.05, 0.1) is 6.10 Å². The lowest BCUT2D eigenvalue weighted by atomic mass is 10.0. The predicted octanol–water partition coefficient (Wildman–Crippen LogP) is 1.58. The van der Waals surface area contributed by atoms with Gasteiger partial charge in [-0.1, -0.05) is 13.3 Å². The largest absolute Gasteiger partial charge is 0.378 e. The van der Waals surface area contributed by atoms with Gasteiger partial charge in [0.2, 0.25) is 0 Å². The number of hydrazine groups is 1. The maximum atomic E-state index is 5.56. The lowest BCUT2D eigenvalue weighted by molar-refractivity contribution is 0.0992.